The first-order valence-electron chi connectivity index (χ1n) is 12.9. The Hall–Kier alpha value is -4.46. The topological polar surface area (TPSA) is 88.5 Å². The number of oxime groups is 1. The van der Waals surface area contributed by atoms with Crippen molar-refractivity contribution in [2.75, 3.05) is 43.6 Å². The number of benzene rings is 3. The zero-order valence-corrected chi connectivity index (χ0v) is 23.5. The SMILES string of the molecule is CCN(CC)c1ccc(C(=O)c2ccc(N(C)C)cc2)cc1.CCOC(=O)O/N=C(/C)C(=O)c1ccccc1. The van der Waals surface area contributed by atoms with Gasteiger partial charge >= 0.3 is 6.16 Å². The quantitative estimate of drug-likeness (QED) is 0.100. The molecule has 0 fully saturated rings. The fraction of sp³-hybridized carbons (Fsp3) is 0.290. The minimum Gasteiger partial charge on any atom is -0.433 e. The lowest BCUT2D eigenvalue weighted by molar-refractivity contribution is 0.0610. The van der Waals surface area contributed by atoms with Crippen LogP contribution in [0.1, 0.15) is 54.0 Å². The Bertz CT molecular complexity index is 1230. The number of ether oxygens (including phenoxy) is 1. The number of rotatable bonds is 10. The van der Waals surface area contributed by atoms with Crippen molar-refractivity contribution in [2.24, 2.45) is 5.16 Å². The van der Waals surface area contributed by atoms with Gasteiger partial charge in [0, 0.05) is 55.2 Å². The lowest BCUT2D eigenvalue weighted by atomic mass is 10.0. The summed E-state index contributed by atoms with van der Waals surface area (Å²) in [6, 6.07) is 24.2. The van der Waals surface area contributed by atoms with Crippen LogP contribution in [0.2, 0.25) is 0 Å². The van der Waals surface area contributed by atoms with E-state index < -0.39 is 6.16 Å². The third-order valence-corrected chi connectivity index (χ3v) is 5.79. The zero-order chi connectivity index (χ0) is 28.8. The molecule has 0 N–H and O–H groups in total. The van der Waals surface area contributed by atoms with Crippen molar-refractivity contribution in [1.29, 1.82) is 0 Å². The van der Waals surface area contributed by atoms with E-state index in [0.29, 0.717) is 5.56 Å². The van der Waals surface area contributed by atoms with Gasteiger partial charge in [0.2, 0.25) is 5.78 Å². The number of carbonyl (C=O) groups is 3. The van der Waals surface area contributed by atoms with Gasteiger partial charge in [-0.15, -0.1) is 0 Å². The molecule has 0 amide bonds. The first-order chi connectivity index (χ1) is 18.7. The molecular weight excluding hydrogens is 494 g/mol. The Kier molecular flexibility index (Phi) is 12.4. The molecule has 3 rings (SSSR count). The maximum Gasteiger partial charge on any atom is 0.535 e. The molecule has 8 heteroatoms. The van der Waals surface area contributed by atoms with Crippen molar-refractivity contribution >= 4 is 34.8 Å². The van der Waals surface area contributed by atoms with Gasteiger partial charge in [-0.05, 0) is 76.2 Å². The summed E-state index contributed by atoms with van der Waals surface area (Å²) in [5.74, 6) is -0.230. The normalized spacial score (nSPS) is 10.6. The summed E-state index contributed by atoms with van der Waals surface area (Å²) in [5.41, 5.74) is 4.28. The minimum atomic E-state index is -0.923. The van der Waals surface area contributed by atoms with Crippen LogP contribution in [-0.4, -0.2) is 57.2 Å². The standard InChI is InChI=1S/C19H24N2O.C12H13NO4/c1-5-21(6-2)18-13-9-16(10-14-18)19(22)15-7-11-17(12-8-15)20(3)4;1-3-16-12(15)17-13-9(2)11(14)10-7-5-4-6-8-10/h7-14H,5-6H2,1-4H3;4-8H,3H2,1-2H3/b;13-9-. The van der Waals surface area contributed by atoms with Gasteiger partial charge in [-0.1, -0.05) is 35.5 Å². The van der Waals surface area contributed by atoms with Gasteiger partial charge < -0.3 is 14.5 Å². The fourth-order valence-electron chi connectivity index (χ4n) is 3.58. The van der Waals surface area contributed by atoms with E-state index in [1.165, 1.54) is 6.92 Å². The Balaban J connectivity index is 0.000000283. The predicted octanol–water partition coefficient (Wildman–Crippen LogP) is 6.25. The molecule has 0 aromatic heterocycles. The predicted molar refractivity (Wildman–Crippen MR) is 156 cm³/mol. The van der Waals surface area contributed by atoms with Crippen LogP contribution in [0.5, 0.6) is 0 Å². The molecule has 0 aliphatic carbocycles. The van der Waals surface area contributed by atoms with E-state index >= 15 is 0 Å². The highest BCUT2D eigenvalue weighted by molar-refractivity contribution is 6.45. The van der Waals surface area contributed by atoms with E-state index in [0.717, 1.165) is 35.6 Å². The molecule has 0 atom stereocenters. The first kappa shape index (κ1) is 30.8. The van der Waals surface area contributed by atoms with Crippen molar-refractivity contribution < 1.29 is 24.0 Å². The summed E-state index contributed by atoms with van der Waals surface area (Å²) in [6.07, 6.45) is -0.923. The molecule has 0 radical (unpaired) electrons. The average Bonchev–Trinajstić information content (AvgIpc) is 2.97. The second-order valence-corrected chi connectivity index (χ2v) is 8.64. The monoisotopic (exact) mass is 531 g/mol. The highest BCUT2D eigenvalue weighted by Gasteiger charge is 2.12. The number of hydrogen-bond acceptors (Lipinski definition) is 8. The third kappa shape index (κ3) is 9.41. The lowest BCUT2D eigenvalue weighted by Crippen LogP contribution is -2.21. The van der Waals surface area contributed by atoms with Gasteiger partial charge in [0.15, 0.2) is 5.78 Å². The van der Waals surface area contributed by atoms with Gasteiger partial charge in [-0.3, -0.25) is 14.4 Å². The number of carbonyl (C=O) groups excluding carboxylic acids is 3. The number of Topliss-reactive ketones (excluding diaryl/α,β-unsaturated/α-hetero) is 1. The molecule has 0 aliphatic heterocycles. The van der Waals surface area contributed by atoms with Crippen LogP contribution in [0.3, 0.4) is 0 Å². The molecule has 3 aromatic rings. The van der Waals surface area contributed by atoms with Gasteiger partial charge in [-0.25, -0.2) is 4.79 Å². The summed E-state index contributed by atoms with van der Waals surface area (Å²) < 4.78 is 4.50. The molecule has 0 saturated heterocycles. The molecule has 0 unspecified atom stereocenters. The van der Waals surface area contributed by atoms with Crippen molar-refractivity contribution in [3.8, 4) is 0 Å². The molecule has 0 saturated carbocycles. The molecule has 0 aliphatic rings. The Labute approximate surface area is 230 Å². The number of hydrogen-bond donors (Lipinski definition) is 0. The lowest BCUT2D eigenvalue weighted by Gasteiger charge is -2.21. The van der Waals surface area contributed by atoms with Gasteiger partial charge in [-0.2, -0.15) is 0 Å². The van der Waals surface area contributed by atoms with Crippen LogP contribution in [-0.2, 0) is 9.57 Å². The van der Waals surface area contributed by atoms with E-state index in [4.69, 9.17) is 0 Å². The summed E-state index contributed by atoms with van der Waals surface area (Å²) >= 11 is 0. The molecule has 0 bridgehead atoms. The zero-order valence-electron chi connectivity index (χ0n) is 23.5. The van der Waals surface area contributed by atoms with Crippen molar-refractivity contribution in [2.45, 2.75) is 27.7 Å². The number of ketones is 2. The molecule has 39 heavy (non-hydrogen) atoms. The van der Waals surface area contributed by atoms with Crippen molar-refractivity contribution in [3.63, 3.8) is 0 Å². The van der Waals surface area contributed by atoms with E-state index in [-0.39, 0.29) is 23.9 Å². The van der Waals surface area contributed by atoms with Crippen molar-refractivity contribution in [3.05, 3.63) is 95.6 Å². The van der Waals surface area contributed by atoms with E-state index in [2.05, 4.69) is 33.5 Å². The van der Waals surface area contributed by atoms with E-state index in [1.807, 2.05) is 67.5 Å². The van der Waals surface area contributed by atoms with E-state index in [9.17, 15) is 14.4 Å². The number of nitrogens with zero attached hydrogens (tertiary/aromatic N) is 3. The van der Waals surface area contributed by atoms with Crippen LogP contribution >= 0.6 is 0 Å². The summed E-state index contributed by atoms with van der Waals surface area (Å²) in [4.78, 5) is 43.8. The third-order valence-electron chi connectivity index (χ3n) is 5.79. The Morgan fingerprint density at radius 1 is 0.718 bits per heavy atom. The number of anilines is 2. The summed E-state index contributed by atoms with van der Waals surface area (Å²) in [7, 11) is 3.98. The maximum absolute atomic E-state index is 12.5. The maximum atomic E-state index is 12.5. The summed E-state index contributed by atoms with van der Waals surface area (Å²) in [6.45, 7) is 9.51. The van der Waals surface area contributed by atoms with Crippen LogP contribution in [0.4, 0.5) is 16.2 Å². The molecule has 8 nitrogen and oxygen atoms in total. The van der Waals surface area contributed by atoms with Crippen molar-refractivity contribution in [1.82, 2.24) is 0 Å². The second-order valence-electron chi connectivity index (χ2n) is 8.64. The van der Waals surface area contributed by atoms with E-state index in [1.54, 1.807) is 37.3 Å². The molecular formula is C31H37N3O5. The highest BCUT2D eigenvalue weighted by Crippen LogP contribution is 2.19. The molecule has 0 spiro atoms. The second kappa shape index (κ2) is 15.7. The molecule has 3 aromatic carbocycles. The van der Waals surface area contributed by atoms with Crippen LogP contribution < -0.4 is 9.80 Å². The highest BCUT2D eigenvalue weighted by atomic mass is 16.8. The fourth-order valence-corrected chi connectivity index (χ4v) is 3.58. The first-order valence-corrected chi connectivity index (χ1v) is 12.9. The smallest absolute Gasteiger partial charge is 0.433 e. The Morgan fingerprint density at radius 2 is 1.23 bits per heavy atom. The Morgan fingerprint density at radius 3 is 1.69 bits per heavy atom. The van der Waals surface area contributed by atoms with Crippen LogP contribution in [0, 0.1) is 0 Å². The van der Waals surface area contributed by atoms with Gasteiger partial charge in [0.05, 0.1) is 6.61 Å². The average molecular weight is 532 g/mol. The van der Waals surface area contributed by atoms with Crippen LogP contribution in [0.15, 0.2) is 84.0 Å². The van der Waals surface area contributed by atoms with Gasteiger partial charge in [0.25, 0.3) is 0 Å². The van der Waals surface area contributed by atoms with Gasteiger partial charge in [0.1, 0.15) is 5.71 Å². The van der Waals surface area contributed by atoms with Crippen LogP contribution in [0.25, 0.3) is 0 Å². The minimum absolute atomic E-state index is 0.0661. The summed E-state index contributed by atoms with van der Waals surface area (Å²) in [5, 5.41) is 3.41. The molecule has 206 valence electrons. The largest absolute Gasteiger partial charge is 0.535 e. The molecule has 0 heterocycles.